The Hall–Kier alpha value is -3.26. The molecule has 0 radical (unpaired) electrons. The van der Waals surface area contributed by atoms with Gasteiger partial charge in [-0.15, -0.1) is 0 Å². The summed E-state index contributed by atoms with van der Waals surface area (Å²) in [5.41, 5.74) is 3.82. The van der Waals surface area contributed by atoms with Crippen LogP contribution < -0.4 is 10.1 Å². The summed E-state index contributed by atoms with van der Waals surface area (Å²) in [6, 6.07) is 8.12. The third-order valence-electron chi connectivity index (χ3n) is 4.82. The van der Waals surface area contributed by atoms with Crippen LogP contribution in [0, 0.1) is 6.92 Å². The van der Waals surface area contributed by atoms with Crippen LogP contribution in [0.2, 0.25) is 0 Å². The van der Waals surface area contributed by atoms with E-state index in [9.17, 15) is 0 Å². The van der Waals surface area contributed by atoms with Gasteiger partial charge in [-0.1, -0.05) is 0 Å². The largest absolute Gasteiger partial charge is 0.491 e. The summed E-state index contributed by atoms with van der Waals surface area (Å²) in [6.07, 6.45) is 6.23. The second kappa shape index (κ2) is 10.7. The van der Waals surface area contributed by atoms with Gasteiger partial charge in [0.1, 0.15) is 5.75 Å². The van der Waals surface area contributed by atoms with Gasteiger partial charge < -0.3 is 19.9 Å². The predicted molar refractivity (Wildman–Crippen MR) is 119 cm³/mol. The van der Waals surface area contributed by atoms with Crippen LogP contribution in [0.1, 0.15) is 32.3 Å². The van der Waals surface area contributed by atoms with Gasteiger partial charge in [0.15, 0.2) is 0 Å². The van der Waals surface area contributed by atoms with Crippen molar-refractivity contribution in [1.29, 1.82) is 0 Å². The number of carboxylic acid groups (broad SMARTS) is 1. The number of carbonyl (C=O) groups is 1. The Balaban J connectivity index is 0.000000858. The summed E-state index contributed by atoms with van der Waals surface area (Å²) in [5.74, 6) is 1.45. The summed E-state index contributed by atoms with van der Waals surface area (Å²) in [5, 5.41) is 11.3. The molecule has 2 aromatic heterocycles. The van der Waals surface area contributed by atoms with Gasteiger partial charge in [0, 0.05) is 42.6 Å². The molecule has 8 heteroatoms. The first-order valence-corrected chi connectivity index (χ1v) is 10.3. The van der Waals surface area contributed by atoms with Gasteiger partial charge in [0.2, 0.25) is 5.95 Å². The molecule has 1 fully saturated rings. The van der Waals surface area contributed by atoms with E-state index >= 15 is 0 Å². The van der Waals surface area contributed by atoms with E-state index in [4.69, 9.17) is 24.4 Å². The monoisotopic (exact) mass is 424 g/mol. The van der Waals surface area contributed by atoms with Gasteiger partial charge in [-0.05, 0) is 57.4 Å². The topological polar surface area (TPSA) is 106 Å². The molecule has 1 aromatic carbocycles. The van der Waals surface area contributed by atoms with Crippen LogP contribution in [0.15, 0.2) is 36.7 Å². The molecule has 3 aromatic rings. The number of nitrogens with zero attached hydrogens (tertiary/aromatic N) is 3. The molecule has 1 aliphatic rings. The third-order valence-corrected chi connectivity index (χ3v) is 4.82. The zero-order valence-electron chi connectivity index (χ0n) is 18.0. The fraction of sp³-hybridized carbons (Fsp3) is 0.391. The van der Waals surface area contributed by atoms with E-state index in [1.165, 1.54) is 0 Å². The smallest absolute Gasteiger partial charge is 0.290 e. The maximum Gasteiger partial charge on any atom is 0.290 e. The fourth-order valence-electron chi connectivity index (χ4n) is 3.44. The van der Waals surface area contributed by atoms with Crippen molar-refractivity contribution in [3.8, 4) is 17.0 Å². The molecular weight excluding hydrogens is 396 g/mol. The van der Waals surface area contributed by atoms with Crippen molar-refractivity contribution in [1.82, 2.24) is 15.0 Å². The Labute approximate surface area is 181 Å². The molecular formula is C23H28N4O4. The SMILES string of the molecule is Cc1cc(-c2cnc(NCC3CCCO3)nc2)nc2cc(OC(C)C)ccc12.O=CO. The van der Waals surface area contributed by atoms with E-state index in [-0.39, 0.29) is 18.7 Å². The van der Waals surface area contributed by atoms with Crippen molar-refractivity contribution in [2.24, 2.45) is 0 Å². The van der Waals surface area contributed by atoms with Crippen molar-refractivity contribution >= 4 is 23.3 Å². The maximum atomic E-state index is 8.36. The molecule has 4 rings (SSSR count). The summed E-state index contributed by atoms with van der Waals surface area (Å²) < 4.78 is 11.4. The standard InChI is InChI=1S/C22H26N4O2.CH2O2/c1-14(2)28-17-6-7-19-15(3)9-20(26-21(19)10-17)16-11-23-22(24-12-16)25-13-18-5-4-8-27-18;2-1-3/h6-7,9-12,14,18H,4-5,8,13H2,1-3H3,(H,23,24,25);1H,(H,2,3). The van der Waals surface area contributed by atoms with E-state index in [0.717, 1.165) is 59.5 Å². The number of anilines is 1. The lowest BCUT2D eigenvalue weighted by Gasteiger charge is -2.12. The highest BCUT2D eigenvalue weighted by molar-refractivity contribution is 5.86. The van der Waals surface area contributed by atoms with Gasteiger partial charge in [-0.3, -0.25) is 4.79 Å². The lowest BCUT2D eigenvalue weighted by molar-refractivity contribution is -0.122. The molecule has 2 N–H and O–H groups in total. The van der Waals surface area contributed by atoms with Crippen LogP contribution in [0.4, 0.5) is 5.95 Å². The minimum Gasteiger partial charge on any atom is -0.491 e. The number of pyridine rings is 1. The Morgan fingerprint density at radius 2 is 2.03 bits per heavy atom. The number of aromatic nitrogens is 3. The van der Waals surface area contributed by atoms with Crippen molar-refractivity contribution in [3.63, 3.8) is 0 Å². The van der Waals surface area contributed by atoms with E-state index in [1.54, 1.807) is 0 Å². The molecule has 0 aliphatic carbocycles. The van der Waals surface area contributed by atoms with Crippen LogP contribution in [0.3, 0.4) is 0 Å². The molecule has 3 heterocycles. The minimum absolute atomic E-state index is 0.129. The van der Waals surface area contributed by atoms with Crippen LogP contribution in [-0.2, 0) is 9.53 Å². The van der Waals surface area contributed by atoms with E-state index in [1.807, 2.05) is 38.4 Å². The normalized spacial score (nSPS) is 15.4. The van der Waals surface area contributed by atoms with Crippen molar-refractivity contribution in [3.05, 3.63) is 42.2 Å². The highest BCUT2D eigenvalue weighted by Gasteiger charge is 2.15. The summed E-state index contributed by atoms with van der Waals surface area (Å²) >= 11 is 0. The quantitative estimate of drug-likeness (QED) is 0.570. The lowest BCUT2D eigenvalue weighted by atomic mass is 10.1. The summed E-state index contributed by atoms with van der Waals surface area (Å²) in [6.45, 7) is 7.47. The minimum atomic E-state index is -0.250. The number of hydrogen-bond donors (Lipinski definition) is 2. The van der Waals surface area contributed by atoms with Crippen molar-refractivity contribution in [2.75, 3.05) is 18.5 Å². The molecule has 164 valence electrons. The Kier molecular flexibility index (Phi) is 7.72. The first-order valence-electron chi connectivity index (χ1n) is 10.3. The Bertz CT molecular complexity index is 1000. The molecule has 8 nitrogen and oxygen atoms in total. The fourth-order valence-corrected chi connectivity index (χ4v) is 3.44. The molecule has 0 spiro atoms. The maximum absolute atomic E-state index is 8.36. The second-order valence-electron chi connectivity index (χ2n) is 7.59. The molecule has 1 unspecified atom stereocenters. The highest BCUT2D eigenvalue weighted by Crippen LogP contribution is 2.27. The number of ether oxygens (including phenoxy) is 2. The van der Waals surface area contributed by atoms with Crippen LogP contribution in [0.5, 0.6) is 5.75 Å². The van der Waals surface area contributed by atoms with Crippen LogP contribution in [-0.4, -0.2) is 51.9 Å². The average Bonchev–Trinajstić information content (AvgIpc) is 3.26. The first-order chi connectivity index (χ1) is 15.0. The second-order valence-corrected chi connectivity index (χ2v) is 7.59. The molecule has 0 amide bonds. The molecule has 1 saturated heterocycles. The number of hydrogen-bond acceptors (Lipinski definition) is 7. The lowest BCUT2D eigenvalue weighted by Crippen LogP contribution is -2.19. The summed E-state index contributed by atoms with van der Waals surface area (Å²) in [4.78, 5) is 22.1. The molecule has 1 aliphatic heterocycles. The summed E-state index contributed by atoms with van der Waals surface area (Å²) in [7, 11) is 0. The van der Waals surface area contributed by atoms with Crippen molar-refractivity contribution in [2.45, 2.75) is 45.8 Å². The van der Waals surface area contributed by atoms with E-state index in [2.05, 4.69) is 34.3 Å². The molecule has 31 heavy (non-hydrogen) atoms. The van der Waals surface area contributed by atoms with E-state index < -0.39 is 0 Å². The number of aryl methyl sites for hydroxylation is 1. The molecule has 1 atom stereocenters. The van der Waals surface area contributed by atoms with Crippen molar-refractivity contribution < 1.29 is 19.4 Å². The Morgan fingerprint density at radius 1 is 1.29 bits per heavy atom. The first kappa shape index (κ1) is 22.4. The zero-order chi connectivity index (χ0) is 22.2. The molecule has 0 bridgehead atoms. The Morgan fingerprint density at radius 3 is 2.68 bits per heavy atom. The van der Waals surface area contributed by atoms with Crippen LogP contribution >= 0.6 is 0 Å². The van der Waals surface area contributed by atoms with E-state index in [0.29, 0.717) is 5.95 Å². The number of fused-ring (bicyclic) bond motifs is 1. The van der Waals surface area contributed by atoms with Gasteiger partial charge in [-0.2, -0.15) is 0 Å². The average molecular weight is 425 g/mol. The van der Waals surface area contributed by atoms with Gasteiger partial charge in [0.05, 0.1) is 23.4 Å². The third kappa shape index (κ3) is 6.11. The van der Waals surface area contributed by atoms with Gasteiger partial charge >= 0.3 is 0 Å². The van der Waals surface area contributed by atoms with Crippen LogP contribution in [0.25, 0.3) is 22.2 Å². The van der Waals surface area contributed by atoms with Gasteiger partial charge in [-0.25, -0.2) is 15.0 Å². The molecule has 0 saturated carbocycles. The highest BCUT2D eigenvalue weighted by atomic mass is 16.5. The number of nitrogens with one attached hydrogen (secondary N) is 1. The zero-order valence-corrected chi connectivity index (χ0v) is 18.0. The number of benzene rings is 1. The number of rotatable bonds is 6. The van der Waals surface area contributed by atoms with Gasteiger partial charge in [0.25, 0.3) is 6.47 Å². The predicted octanol–water partition coefficient (Wildman–Crippen LogP) is 4.08.